The van der Waals surface area contributed by atoms with Gasteiger partial charge in [0, 0.05) is 12.6 Å². The molecule has 2 saturated heterocycles. The fourth-order valence-corrected chi connectivity index (χ4v) is 2.57. The van der Waals surface area contributed by atoms with Crippen LogP contribution in [0.1, 0.15) is 26.2 Å². The van der Waals surface area contributed by atoms with Crippen LogP contribution < -0.4 is 0 Å². The molecule has 0 aromatic carbocycles. The molecule has 2 unspecified atom stereocenters. The third-order valence-electron chi connectivity index (χ3n) is 3.50. The van der Waals surface area contributed by atoms with Gasteiger partial charge in [0.25, 0.3) is 0 Å². The van der Waals surface area contributed by atoms with E-state index in [0.29, 0.717) is 12.6 Å². The summed E-state index contributed by atoms with van der Waals surface area (Å²) in [5, 5.41) is 9.22. The Morgan fingerprint density at radius 3 is 3.00 bits per heavy atom. The van der Waals surface area contributed by atoms with E-state index < -0.39 is 11.5 Å². The summed E-state index contributed by atoms with van der Waals surface area (Å²) in [6.45, 7) is 4.21. The molecule has 0 aromatic heterocycles. The normalized spacial score (nSPS) is 39.1. The summed E-state index contributed by atoms with van der Waals surface area (Å²) in [4.78, 5) is 13.3. The number of rotatable bonds is 2. The highest BCUT2D eigenvalue weighted by Gasteiger charge is 2.46. The van der Waals surface area contributed by atoms with Gasteiger partial charge >= 0.3 is 5.97 Å². The maximum absolute atomic E-state index is 11.2. The van der Waals surface area contributed by atoms with Gasteiger partial charge in [0.15, 0.2) is 0 Å². The summed E-state index contributed by atoms with van der Waals surface area (Å²) in [6, 6.07) is 0.318. The third-order valence-corrected chi connectivity index (χ3v) is 3.50. The Balaban J connectivity index is 2.13. The quantitative estimate of drug-likeness (QED) is 0.711. The van der Waals surface area contributed by atoms with Crippen LogP contribution in [0, 0.1) is 0 Å². The van der Waals surface area contributed by atoms with Gasteiger partial charge in [-0.25, -0.2) is 0 Å². The fraction of sp³-hybridized carbons (Fsp3) is 0.900. The number of carbonyl (C=O) groups is 1. The predicted molar refractivity (Wildman–Crippen MR) is 51.2 cm³/mol. The van der Waals surface area contributed by atoms with Gasteiger partial charge in [0.2, 0.25) is 0 Å². The van der Waals surface area contributed by atoms with Gasteiger partial charge in [-0.2, -0.15) is 0 Å². The highest BCUT2D eigenvalue weighted by Crippen LogP contribution is 2.33. The Kier molecular flexibility index (Phi) is 2.49. The minimum Gasteiger partial charge on any atom is -0.480 e. The molecular weight excluding hydrogens is 182 g/mol. The molecule has 2 aliphatic heterocycles. The van der Waals surface area contributed by atoms with Crippen molar-refractivity contribution in [1.82, 2.24) is 4.90 Å². The standard InChI is InChI=1S/C10H17NO3/c1-10(9(12)13)4-2-5-11(10)8-3-6-14-7-8/h8H,2-7H2,1H3,(H,12,13). The molecule has 0 bridgehead atoms. The molecule has 0 radical (unpaired) electrons. The third kappa shape index (κ3) is 1.42. The van der Waals surface area contributed by atoms with Crippen molar-refractivity contribution in [3.63, 3.8) is 0 Å². The van der Waals surface area contributed by atoms with Gasteiger partial charge in [-0.1, -0.05) is 0 Å². The number of likely N-dealkylation sites (tertiary alicyclic amines) is 1. The minimum atomic E-state index is -0.693. The van der Waals surface area contributed by atoms with E-state index in [9.17, 15) is 9.90 Å². The molecule has 2 rings (SSSR count). The Labute approximate surface area is 83.8 Å². The second-order valence-corrected chi connectivity index (χ2v) is 4.39. The molecule has 14 heavy (non-hydrogen) atoms. The highest BCUT2D eigenvalue weighted by molar-refractivity contribution is 5.78. The van der Waals surface area contributed by atoms with E-state index in [2.05, 4.69) is 4.90 Å². The number of ether oxygens (including phenoxy) is 1. The zero-order chi connectivity index (χ0) is 10.2. The van der Waals surface area contributed by atoms with E-state index in [-0.39, 0.29) is 0 Å². The second-order valence-electron chi connectivity index (χ2n) is 4.39. The van der Waals surface area contributed by atoms with Crippen molar-refractivity contribution in [3.05, 3.63) is 0 Å². The van der Waals surface area contributed by atoms with Crippen molar-refractivity contribution in [2.24, 2.45) is 0 Å². The minimum absolute atomic E-state index is 0.318. The maximum Gasteiger partial charge on any atom is 0.323 e. The predicted octanol–water partition coefficient (Wildman–Crippen LogP) is 0.714. The topological polar surface area (TPSA) is 49.8 Å². The number of nitrogens with zero attached hydrogens (tertiary/aromatic N) is 1. The molecule has 0 amide bonds. The summed E-state index contributed by atoms with van der Waals surface area (Å²) in [6.07, 6.45) is 2.72. The smallest absolute Gasteiger partial charge is 0.323 e. The summed E-state index contributed by atoms with van der Waals surface area (Å²) < 4.78 is 5.31. The first-order valence-corrected chi connectivity index (χ1v) is 5.22. The summed E-state index contributed by atoms with van der Waals surface area (Å²) in [5.74, 6) is -0.693. The largest absolute Gasteiger partial charge is 0.480 e. The number of carboxylic acid groups (broad SMARTS) is 1. The Hall–Kier alpha value is -0.610. The molecule has 4 nitrogen and oxygen atoms in total. The first kappa shape index (κ1) is 9.93. The second kappa shape index (κ2) is 3.51. The molecule has 80 valence electrons. The number of hydrogen-bond donors (Lipinski definition) is 1. The molecule has 0 aliphatic carbocycles. The number of carboxylic acids is 1. The molecule has 0 aromatic rings. The Morgan fingerprint density at radius 1 is 1.64 bits per heavy atom. The lowest BCUT2D eigenvalue weighted by Gasteiger charge is -2.35. The first-order valence-electron chi connectivity index (χ1n) is 5.22. The van der Waals surface area contributed by atoms with E-state index in [4.69, 9.17) is 4.74 Å². The molecule has 0 spiro atoms. The molecular formula is C10H17NO3. The van der Waals surface area contributed by atoms with Crippen molar-refractivity contribution in [2.75, 3.05) is 19.8 Å². The molecule has 2 aliphatic rings. The zero-order valence-electron chi connectivity index (χ0n) is 8.53. The lowest BCUT2D eigenvalue weighted by atomic mass is 9.97. The van der Waals surface area contributed by atoms with Gasteiger partial charge in [0.1, 0.15) is 5.54 Å². The molecule has 4 heteroatoms. The Morgan fingerprint density at radius 2 is 2.43 bits per heavy atom. The summed E-state index contributed by atoms with van der Waals surface area (Å²) in [5.41, 5.74) is -0.654. The van der Waals surface area contributed by atoms with Gasteiger partial charge in [-0.15, -0.1) is 0 Å². The van der Waals surface area contributed by atoms with Crippen LogP contribution in [-0.4, -0.2) is 47.3 Å². The van der Waals surface area contributed by atoms with Crippen molar-refractivity contribution in [2.45, 2.75) is 37.8 Å². The molecule has 2 fully saturated rings. The van der Waals surface area contributed by atoms with Gasteiger partial charge in [0.05, 0.1) is 6.61 Å². The maximum atomic E-state index is 11.2. The van der Waals surface area contributed by atoms with E-state index in [0.717, 1.165) is 32.4 Å². The summed E-state index contributed by atoms with van der Waals surface area (Å²) in [7, 11) is 0. The van der Waals surface area contributed by atoms with E-state index in [1.807, 2.05) is 6.92 Å². The monoisotopic (exact) mass is 199 g/mol. The molecule has 2 atom stereocenters. The molecule has 1 N–H and O–H groups in total. The van der Waals surface area contributed by atoms with Crippen LogP contribution in [0.3, 0.4) is 0 Å². The van der Waals surface area contributed by atoms with Crippen LogP contribution in [0.2, 0.25) is 0 Å². The van der Waals surface area contributed by atoms with Crippen LogP contribution in [0.25, 0.3) is 0 Å². The van der Waals surface area contributed by atoms with E-state index in [1.54, 1.807) is 0 Å². The SMILES string of the molecule is CC1(C(=O)O)CCCN1C1CCOC1. The molecule has 0 saturated carbocycles. The van der Waals surface area contributed by atoms with Gasteiger partial charge < -0.3 is 9.84 Å². The van der Waals surface area contributed by atoms with Crippen LogP contribution in [-0.2, 0) is 9.53 Å². The molecule has 2 heterocycles. The summed E-state index contributed by atoms with van der Waals surface area (Å²) >= 11 is 0. The number of aliphatic carboxylic acids is 1. The van der Waals surface area contributed by atoms with Crippen LogP contribution in [0.4, 0.5) is 0 Å². The van der Waals surface area contributed by atoms with Crippen molar-refractivity contribution < 1.29 is 14.6 Å². The van der Waals surface area contributed by atoms with E-state index >= 15 is 0 Å². The Bertz CT molecular complexity index is 238. The van der Waals surface area contributed by atoms with Crippen molar-refractivity contribution in [3.8, 4) is 0 Å². The lowest BCUT2D eigenvalue weighted by molar-refractivity contribution is -0.150. The van der Waals surface area contributed by atoms with E-state index in [1.165, 1.54) is 0 Å². The van der Waals surface area contributed by atoms with Crippen LogP contribution in [0.15, 0.2) is 0 Å². The van der Waals surface area contributed by atoms with Crippen LogP contribution >= 0.6 is 0 Å². The van der Waals surface area contributed by atoms with Crippen molar-refractivity contribution in [1.29, 1.82) is 0 Å². The highest BCUT2D eigenvalue weighted by atomic mass is 16.5. The van der Waals surface area contributed by atoms with Crippen LogP contribution in [0.5, 0.6) is 0 Å². The lowest BCUT2D eigenvalue weighted by Crippen LogP contribution is -2.52. The number of hydrogen-bond acceptors (Lipinski definition) is 3. The van der Waals surface area contributed by atoms with Gasteiger partial charge in [-0.3, -0.25) is 9.69 Å². The van der Waals surface area contributed by atoms with Crippen molar-refractivity contribution >= 4 is 5.97 Å². The average Bonchev–Trinajstić information content (AvgIpc) is 2.72. The average molecular weight is 199 g/mol. The fourth-order valence-electron chi connectivity index (χ4n) is 2.57. The van der Waals surface area contributed by atoms with Gasteiger partial charge in [-0.05, 0) is 32.7 Å². The first-order chi connectivity index (χ1) is 6.64. The zero-order valence-corrected chi connectivity index (χ0v) is 8.53.